The summed E-state index contributed by atoms with van der Waals surface area (Å²) in [5.41, 5.74) is 1.13. The number of rotatable bonds is 6. The first-order chi connectivity index (χ1) is 8.49. The van der Waals surface area contributed by atoms with Gasteiger partial charge < -0.3 is 10.6 Å². The van der Waals surface area contributed by atoms with E-state index in [-0.39, 0.29) is 11.9 Å². The normalized spacial score (nSPS) is 10.7. The lowest BCUT2D eigenvalue weighted by Crippen LogP contribution is -2.32. The summed E-state index contributed by atoms with van der Waals surface area (Å²) in [6.45, 7) is 5.30. The zero-order chi connectivity index (χ0) is 13.5. The van der Waals surface area contributed by atoms with Gasteiger partial charge in [0.25, 0.3) is 0 Å². The highest BCUT2D eigenvalue weighted by atomic mass is 79.9. The number of hydrogen-bond donors (Lipinski definition) is 2. The number of carbonyl (C=O) groups is 1. The number of amides is 1. The maximum absolute atomic E-state index is 11.4. The minimum absolute atomic E-state index is 0.0785. The topological polar surface area (TPSA) is 41.1 Å². The van der Waals surface area contributed by atoms with Crippen molar-refractivity contribution in [3.8, 4) is 0 Å². The molecule has 3 nitrogen and oxygen atoms in total. The van der Waals surface area contributed by atoms with Crippen LogP contribution in [0.2, 0.25) is 5.02 Å². The van der Waals surface area contributed by atoms with Gasteiger partial charge in [-0.15, -0.1) is 0 Å². The number of halogens is 2. The van der Waals surface area contributed by atoms with Crippen LogP contribution in [0.5, 0.6) is 0 Å². The molecule has 2 N–H and O–H groups in total. The number of nitrogens with one attached hydrogen (secondary N) is 2. The number of benzene rings is 1. The third-order valence-corrected chi connectivity index (χ3v) is 3.51. The van der Waals surface area contributed by atoms with Gasteiger partial charge in [0.05, 0.1) is 5.02 Å². The number of carbonyl (C=O) groups excluding carboxylic acids is 1. The molecule has 0 heterocycles. The molecule has 0 aliphatic carbocycles. The quantitative estimate of drug-likeness (QED) is 0.785. The van der Waals surface area contributed by atoms with Crippen LogP contribution in [-0.2, 0) is 11.3 Å². The monoisotopic (exact) mass is 332 g/mol. The molecule has 1 rings (SSSR count). The van der Waals surface area contributed by atoms with Crippen LogP contribution >= 0.6 is 27.5 Å². The summed E-state index contributed by atoms with van der Waals surface area (Å²) < 4.78 is 0.890. The molecular weight excluding hydrogens is 316 g/mol. The summed E-state index contributed by atoms with van der Waals surface area (Å²) in [5.74, 6) is 0.0785. The van der Waals surface area contributed by atoms with Crippen molar-refractivity contribution in [3.63, 3.8) is 0 Å². The summed E-state index contributed by atoms with van der Waals surface area (Å²) in [7, 11) is 0. The second-order valence-electron chi connectivity index (χ2n) is 4.40. The maximum Gasteiger partial charge on any atom is 0.221 e. The van der Waals surface area contributed by atoms with Gasteiger partial charge in [0.2, 0.25) is 5.91 Å². The Morgan fingerprint density at radius 1 is 1.44 bits per heavy atom. The molecule has 0 saturated heterocycles. The van der Waals surface area contributed by atoms with Gasteiger partial charge in [0, 0.05) is 30.0 Å². The molecule has 0 spiro atoms. The zero-order valence-corrected chi connectivity index (χ0v) is 12.9. The molecule has 100 valence electrons. The second-order valence-corrected chi connectivity index (χ2v) is 5.66. The van der Waals surface area contributed by atoms with E-state index in [4.69, 9.17) is 11.6 Å². The molecule has 0 bridgehead atoms. The van der Waals surface area contributed by atoms with E-state index in [2.05, 4.69) is 26.6 Å². The SMILES string of the molecule is CC(C)NC(=O)CCNCc1ccc(Cl)c(Br)c1. The standard InChI is InChI=1S/C13H18BrClN2O/c1-9(2)17-13(18)5-6-16-8-10-3-4-12(15)11(14)7-10/h3-4,7,9,16H,5-6,8H2,1-2H3,(H,17,18). The molecule has 18 heavy (non-hydrogen) atoms. The molecular formula is C13H18BrClN2O. The van der Waals surface area contributed by atoms with Crippen molar-refractivity contribution in [2.24, 2.45) is 0 Å². The first kappa shape index (κ1) is 15.5. The Morgan fingerprint density at radius 2 is 2.17 bits per heavy atom. The van der Waals surface area contributed by atoms with Crippen molar-refractivity contribution in [1.29, 1.82) is 0 Å². The lowest BCUT2D eigenvalue weighted by atomic mass is 10.2. The van der Waals surface area contributed by atoms with E-state index in [1.807, 2.05) is 32.0 Å². The molecule has 0 unspecified atom stereocenters. The van der Waals surface area contributed by atoms with Crippen molar-refractivity contribution in [1.82, 2.24) is 10.6 Å². The van der Waals surface area contributed by atoms with Gasteiger partial charge >= 0.3 is 0 Å². The molecule has 0 saturated carbocycles. The lowest BCUT2D eigenvalue weighted by Gasteiger charge is -2.09. The summed E-state index contributed by atoms with van der Waals surface area (Å²) in [5, 5.41) is 6.79. The van der Waals surface area contributed by atoms with Crippen molar-refractivity contribution in [3.05, 3.63) is 33.3 Å². The molecule has 1 aromatic rings. The first-order valence-electron chi connectivity index (χ1n) is 5.93. The van der Waals surface area contributed by atoms with Crippen LogP contribution in [0, 0.1) is 0 Å². The average Bonchev–Trinajstić information content (AvgIpc) is 2.28. The van der Waals surface area contributed by atoms with Crippen LogP contribution in [0.25, 0.3) is 0 Å². The van der Waals surface area contributed by atoms with Crippen LogP contribution < -0.4 is 10.6 Å². The summed E-state index contributed by atoms with van der Waals surface area (Å²) in [6.07, 6.45) is 0.493. The highest BCUT2D eigenvalue weighted by molar-refractivity contribution is 9.10. The Labute approximate surface area is 121 Å². The Hall–Kier alpha value is -0.580. The van der Waals surface area contributed by atoms with Gasteiger partial charge in [-0.3, -0.25) is 4.79 Å². The minimum Gasteiger partial charge on any atom is -0.354 e. The predicted molar refractivity (Wildman–Crippen MR) is 78.8 cm³/mol. The van der Waals surface area contributed by atoms with Gasteiger partial charge in [0.1, 0.15) is 0 Å². The van der Waals surface area contributed by atoms with E-state index in [0.717, 1.165) is 16.6 Å². The fraction of sp³-hybridized carbons (Fsp3) is 0.462. The van der Waals surface area contributed by atoms with Gasteiger partial charge in [-0.2, -0.15) is 0 Å². The average molecular weight is 334 g/mol. The molecule has 0 aliphatic heterocycles. The van der Waals surface area contributed by atoms with Crippen LogP contribution in [-0.4, -0.2) is 18.5 Å². The van der Waals surface area contributed by atoms with Crippen LogP contribution in [0.1, 0.15) is 25.8 Å². The second kappa shape index (κ2) is 7.77. The fourth-order valence-electron chi connectivity index (χ4n) is 1.48. The van der Waals surface area contributed by atoms with Crippen molar-refractivity contribution in [2.45, 2.75) is 32.9 Å². The molecule has 1 amide bonds. The number of hydrogen-bond acceptors (Lipinski definition) is 2. The molecule has 0 atom stereocenters. The summed E-state index contributed by atoms with van der Waals surface area (Å²) in [4.78, 5) is 11.4. The molecule has 0 aromatic heterocycles. The Bertz CT molecular complexity index is 410. The molecule has 0 radical (unpaired) electrons. The molecule has 0 fully saturated rings. The smallest absolute Gasteiger partial charge is 0.221 e. The largest absolute Gasteiger partial charge is 0.354 e. The van der Waals surface area contributed by atoms with E-state index in [0.29, 0.717) is 18.0 Å². The summed E-state index contributed by atoms with van der Waals surface area (Å²) in [6, 6.07) is 6.00. The Morgan fingerprint density at radius 3 is 2.78 bits per heavy atom. The molecule has 1 aromatic carbocycles. The zero-order valence-electron chi connectivity index (χ0n) is 10.6. The van der Waals surface area contributed by atoms with Gasteiger partial charge in [-0.25, -0.2) is 0 Å². The Kier molecular flexibility index (Phi) is 6.68. The van der Waals surface area contributed by atoms with Crippen LogP contribution in [0.3, 0.4) is 0 Å². The van der Waals surface area contributed by atoms with Gasteiger partial charge in [-0.1, -0.05) is 17.7 Å². The third kappa shape index (κ3) is 5.85. The van der Waals surface area contributed by atoms with Crippen LogP contribution in [0.15, 0.2) is 22.7 Å². The van der Waals surface area contributed by atoms with E-state index < -0.39 is 0 Å². The minimum atomic E-state index is 0.0785. The van der Waals surface area contributed by atoms with Crippen molar-refractivity contribution in [2.75, 3.05) is 6.54 Å². The first-order valence-corrected chi connectivity index (χ1v) is 7.10. The molecule has 5 heteroatoms. The summed E-state index contributed by atoms with van der Waals surface area (Å²) >= 11 is 9.29. The van der Waals surface area contributed by atoms with Crippen LogP contribution in [0.4, 0.5) is 0 Å². The maximum atomic E-state index is 11.4. The van der Waals surface area contributed by atoms with E-state index in [1.165, 1.54) is 0 Å². The van der Waals surface area contributed by atoms with Crippen molar-refractivity contribution >= 4 is 33.4 Å². The van der Waals surface area contributed by atoms with E-state index >= 15 is 0 Å². The van der Waals surface area contributed by atoms with Crippen molar-refractivity contribution < 1.29 is 4.79 Å². The van der Waals surface area contributed by atoms with E-state index in [1.54, 1.807) is 0 Å². The van der Waals surface area contributed by atoms with Gasteiger partial charge in [0.15, 0.2) is 0 Å². The highest BCUT2D eigenvalue weighted by Crippen LogP contribution is 2.22. The van der Waals surface area contributed by atoms with Gasteiger partial charge in [-0.05, 0) is 47.5 Å². The van der Waals surface area contributed by atoms with E-state index in [9.17, 15) is 4.79 Å². The fourth-order valence-corrected chi connectivity index (χ4v) is 2.02. The predicted octanol–water partition coefficient (Wildman–Crippen LogP) is 3.11. The Balaban J connectivity index is 2.25. The lowest BCUT2D eigenvalue weighted by molar-refractivity contribution is -0.121. The third-order valence-electron chi connectivity index (χ3n) is 2.29. The highest BCUT2D eigenvalue weighted by Gasteiger charge is 2.03. The molecule has 0 aliphatic rings.